The number of likely N-dealkylation sites (tertiary alicyclic amines) is 2. The average molecular weight is 278 g/mol. The minimum Gasteiger partial charge on any atom is -0.339 e. The van der Waals surface area contributed by atoms with E-state index in [0.29, 0.717) is 11.9 Å². The molecule has 0 bridgehead atoms. The molecule has 3 nitrogen and oxygen atoms in total. The van der Waals surface area contributed by atoms with Gasteiger partial charge in [-0.25, -0.2) is 0 Å². The summed E-state index contributed by atoms with van der Waals surface area (Å²) < 4.78 is 0. The van der Waals surface area contributed by atoms with Gasteiger partial charge in [-0.1, -0.05) is 19.3 Å². The van der Waals surface area contributed by atoms with Crippen LogP contribution in [-0.4, -0.2) is 47.9 Å². The molecule has 3 heteroatoms. The molecule has 1 aliphatic carbocycles. The molecule has 0 unspecified atom stereocenters. The van der Waals surface area contributed by atoms with Crippen molar-refractivity contribution in [2.45, 2.75) is 64.8 Å². The van der Waals surface area contributed by atoms with Crippen LogP contribution >= 0.6 is 0 Å². The van der Waals surface area contributed by atoms with Crippen LogP contribution in [0.3, 0.4) is 0 Å². The van der Waals surface area contributed by atoms with Crippen LogP contribution in [0.5, 0.6) is 0 Å². The van der Waals surface area contributed by atoms with Gasteiger partial charge in [0.15, 0.2) is 0 Å². The maximum atomic E-state index is 12.5. The van der Waals surface area contributed by atoms with Gasteiger partial charge in [-0.05, 0) is 52.0 Å². The Morgan fingerprint density at radius 2 is 1.90 bits per heavy atom. The summed E-state index contributed by atoms with van der Waals surface area (Å²) in [6.45, 7) is 8.76. The highest BCUT2D eigenvalue weighted by molar-refractivity contribution is 5.89. The second-order valence-electron chi connectivity index (χ2n) is 7.65. The average Bonchev–Trinajstić information content (AvgIpc) is 2.46. The van der Waals surface area contributed by atoms with Crippen molar-refractivity contribution in [3.05, 3.63) is 0 Å². The fourth-order valence-electron chi connectivity index (χ4n) is 4.52. The van der Waals surface area contributed by atoms with E-state index in [1.54, 1.807) is 0 Å². The summed E-state index contributed by atoms with van der Waals surface area (Å²) in [6, 6.07) is 0.377. The van der Waals surface area contributed by atoms with Crippen LogP contribution in [0.2, 0.25) is 0 Å². The van der Waals surface area contributed by atoms with Crippen molar-refractivity contribution in [2.75, 3.05) is 26.2 Å². The lowest BCUT2D eigenvalue weighted by atomic mass is 9.71. The number of carbonyl (C=O) groups is 1. The van der Waals surface area contributed by atoms with Gasteiger partial charge in [0.2, 0.25) is 5.91 Å². The van der Waals surface area contributed by atoms with Crippen LogP contribution < -0.4 is 0 Å². The molecule has 1 atom stereocenters. The van der Waals surface area contributed by atoms with Crippen molar-refractivity contribution in [3.63, 3.8) is 0 Å². The minimum atomic E-state index is -0.00279. The largest absolute Gasteiger partial charge is 0.339 e. The molecule has 2 saturated heterocycles. The Morgan fingerprint density at radius 3 is 2.55 bits per heavy atom. The van der Waals surface area contributed by atoms with E-state index in [9.17, 15) is 4.79 Å². The van der Waals surface area contributed by atoms with Crippen molar-refractivity contribution in [2.24, 2.45) is 11.3 Å². The summed E-state index contributed by atoms with van der Waals surface area (Å²) in [7, 11) is 0. The summed E-state index contributed by atoms with van der Waals surface area (Å²) in [5, 5.41) is 0. The van der Waals surface area contributed by atoms with E-state index >= 15 is 0 Å². The first-order valence-corrected chi connectivity index (χ1v) is 8.64. The first-order chi connectivity index (χ1) is 9.61. The van der Waals surface area contributed by atoms with Crippen molar-refractivity contribution in [1.29, 1.82) is 0 Å². The van der Waals surface area contributed by atoms with Crippen molar-refractivity contribution >= 4 is 5.91 Å². The van der Waals surface area contributed by atoms with Gasteiger partial charge < -0.3 is 9.80 Å². The van der Waals surface area contributed by atoms with E-state index < -0.39 is 0 Å². The summed E-state index contributed by atoms with van der Waals surface area (Å²) in [5.74, 6) is 1.33. The lowest BCUT2D eigenvalue weighted by Gasteiger charge is -2.55. The van der Waals surface area contributed by atoms with Gasteiger partial charge in [-0.15, -0.1) is 0 Å². The molecule has 1 amide bonds. The van der Waals surface area contributed by atoms with E-state index in [4.69, 9.17) is 0 Å². The van der Waals surface area contributed by atoms with Crippen LogP contribution in [-0.2, 0) is 4.79 Å². The van der Waals surface area contributed by atoms with Gasteiger partial charge in [-0.2, -0.15) is 0 Å². The molecular weight excluding hydrogens is 248 g/mol. The molecule has 3 fully saturated rings. The number of carbonyl (C=O) groups excluding carboxylic acids is 1. The summed E-state index contributed by atoms with van der Waals surface area (Å²) in [4.78, 5) is 17.2. The molecule has 20 heavy (non-hydrogen) atoms. The zero-order valence-corrected chi connectivity index (χ0v) is 13.2. The number of amides is 1. The Bertz CT molecular complexity index is 362. The standard InChI is InChI=1S/C17H30N2O/c1-14(2)19-13-17(16(19)20)9-6-10-18(12-17)11-15-7-4-3-5-8-15/h14-15H,3-13H2,1-2H3/t17-/m1/s1. The van der Waals surface area contributed by atoms with Crippen molar-refractivity contribution in [3.8, 4) is 0 Å². The van der Waals surface area contributed by atoms with Crippen molar-refractivity contribution in [1.82, 2.24) is 9.80 Å². The number of piperidine rings is 1. The SMILES string of the molecule is CC(C)N1C[C@]2(CCCN(CC3CCCCC3)C2)C1=O. The molecule has 0 aromatic carbocycles. The summed E-state index contributed by atoms with van der Waals surface area (Å²) >= 11 is 0. The molecule has 0 aromatic rings. The molecule has 2 aliphatic heterocycles. The maximum Gasteiger partial charge on any atom is 0.232 e. The van der Waals surface area contributed by atoms with Crippen LogP contribution in [0.4, 0.5) is 0 Å². The second kappa shape index (κ2) is 5.67. The highest BCUT2D eigenvalue weighted by Gasteiger charge is 2.54. The van der Waals surface area contributed by atoms with E-state index in [1.165, 1.54) is 51.6 Å². The first kappa shape index (κ1) is 14.4. The zero-order chi connectivity index (χ0) is 14.2. The first-order valence-electron chi connectivity index (χ1n) is 8.64. The lowest BCUT2D eigenvalue weighted by molar-refractivity contribution is -0.169. The van der Waals surface area contributed by atoms with Gasteiger partial charge >= 0.3 is 0 Å². The van der Waals surface area contributed by atoms with Crippen molar-refractivity contribution < 1.29 is 4.79 Å². The van der Waals surface area contributed by atoms with Gasteiger partial charge in [0, 0.05) is 25.7 Å². The number of nitrogens with zero attached hydrogens (tertiary/aromatic N) is 2. The molecule has 114 valence electrons. The molecule has 0 N–H and O–H groups in total. The van der Waals surface area contributed by atoms with Crippen LogP contribution in [0.15, 0.2) is 0 Å². The third-order valence-corrected chi connectivity index (χ3v) is 5.71. The van der Waals surface area contributed by atoms with E-state index in [0.717, 1.165) is 25.4 Å². The monoisotopic (exact) mass is 278 g/mol. The van der Waals surface area contributed by atoms with Crippen LogP contribution in [0.1, 0.15) is 58.8 Å². The number of rotatable bonds is 3. The smallest absolute Gasteiger partial charge is 0.232 e. The van der Waals surface area contributed by atoms with Gasteiger partial charge in [0.05, 0.1) is 5.41 Å². The molecule has 1 saturated carbocycles. The fourth-order valence-corrected chi connectivity index (χ4v) is 4.52. The molecule has 0 aromatic heterocycles. The number of hydrogen-bond acceptors (Lipinski definition) is 2. The quantitative estimate of drug-likeness (QED) is 0.741. The topological polar surface area (TPSA) is 23.6 Å². The van der Waals surface area contributed by atoms with E-state index in [2.05, 4.69) is 23.6 Å². The van der Waals surface area contributed by atoms with Crippen LogP contribution in [0, 0.1) is 11.3 Å². The Labute approximate surface area is 123 Å². The van der Waals surface area contributed by atoms with Gasteiger partial charge in [0.1, 0.15) is 0 Å². The normalized spacial score (nSPS) is 33.0. The third-order valence-electron chi connectivity index (χ3n) is 5.71. The molecule has 3 rings (SSSR count). The predicted octanol–water partition coefficient (Wildman–Crippen LogP) is 2.90. The summed E-state index contributed by atoms with van der Waals surface area (Å²) in [5.41, 5.74) is -0.00279. The van der Waals surface area contributed by atoms with Gasteiger partial charge in [-0.3, -0.25) is 4.79 Å². The molecule has 3 aliphatic rings. The van der Waals surface area contributed by atoms with E-state index in [1.807, 2.05) is 0 Å². The fraction of sp³-hybridized carbons (Fsp3) is 0.941. The lowest BCUT2D eigenvalue weighted by Crippen LogP contribution is -2.68. The molecule has 2 heterocycles. The highest BCUT2D eigenvalue weighted by atomic mass is 16.2. The number of hydrogen-bond donors (Lipinski definition) is 0. The Balaban J connectivity index is 1.56. The van der Waals surface area contributed by atoms with Gasteiger partial charge in [0.25, 0.3) is 0 Å². The molecular formula is C17H30N2O. The van der Waals surface area contributed by atoms with E-state index in [-0.39, 0.29) is 5.41 Å². The molecule has 0 radical (unpaired) electrons. The highest BCUT2D eigenvalue weighted by Crippen LogP contribution is 2.41. The second-order valence-corrected chi connectivity index (χ2v) is 7.65. The molecule has 1 spiro atoms. The Hall–Kier alpha value is -0.570. The third kappa shape index (κ3) is 2.61. The Kier molecular flexibility index (Phi) is 4.07. The van der Waals surface area contributed by atoms with Crippen LogP contribution in [0.25, 0.3) is 0 Å². The maximum absolute atomic E-state index is 12.5. The predicted molar refractivity (Wildman–Crippen MR) is 81.5 cm³/mol. The Morgan fingerprint density at radius 1 is 1.15 bits per heavy atom. The summed E-state index contributed by atoms with van der Waals surface area (Å²) in [6.07, 6.45) is 9.43. The number of β-lactam (4-membered cyclic amide) rings is 1. The zero-order valence-electron chi connectivity index (χ0n) is 13.2. The minimum absolute atomic E-state index is 0.00279.